The van der Waals surface area contributed by atoms with Crippen molar-refractivity contribution in [1.29, 1.82) is 0 Å². The molecule has 0 spiro atoms. The number of rotatable bonds is 8. The summed E-state index contributed by atoms with van der Waals surface area (Å²) in [5.74, 6) is 0.436. The fourth-order valence-corrected chi connectivity index (χ4v) is 6.23. The highest BCUT2D eigenvalue weighted by Gasteiger charge is 2.55. The molecule has 4 fully saturated rings. The molecule has 8 heteroatoms. The third-order valence-corrected chi connectivity index (χ3v) is 7.93. The van der Waals surface area contributed by atoms with Crippen molar-refractivity contribution >= 4 is 11.9 Å². The van der Waals surface area contributed by atoms with Crippen molar-refractivity contribution in [3.63, 3.8) is 0 Å². The molecular formula is C24H42N3O5+. The maximum Gasteiger partial charge on any atom is 0.306 e. The predicted molar refractivity (Wildman–Crippen MR) is 119 cm³/mol. The van der Waals surface area contributed by atoms with Crippen molar-refractivity contribution < 1.29 is 29.1 Å². The summed E-state index contributed by atoms with van der Waals surface area (Å²) < 4.78 is 18.6. The SMILES string of the molecule is CCC1CC(=O)OC2C3CCC(C)(C)OC3CC(OCC(=O)NCCCN3CC[NH2+]C3)C12. The van der Waals surface area contributed by atoms with Gasteiger partial charge in [0.1, 0.15) is 19.4 Å². The van der Waals surface area contributed by atoms with Crippen LogP contribution in [0, 0.1) is 17.8 Å². The van der Waals surface area contributed by atoms with Crippen LogP contribution in [0.2, 0.25) is 0 Å². The van der Waals surface area contributed by atoms with E-state index in [0.29, 0.717) is 13.0 Å². The first-order valence-electron chi connectivity index (χ1n) is 12.7. The lowest BCUT2D eigenvalue weighted by Gasteiger charge is -2.54. The van der Waals surface area contributed by atoms with Gasteiger partial charge in [-0.2, -0.15) is 0 Å². The highest BCUT2D eigenvalue weighted by Crippen LogP contribution is 2.49. The lowest BCUT2D eigenvalue weighted by atomic mass is 9.64. The van der Waals surface area contributed by atoms with Crippen LogP contribution in [-0.2, 0) is 23.8 Å². The smallest absolute Gasteiger partial charge is 0.306 e. The number of nitrogens with two attached hydrogens (primary N) is 1. The van der Waals surface area contributed by atoms with Crippen molar-refractivity contribution in [2.24, 2.45) is 17.8 Å². The van der Waals surface area contributed by atoms with Crippen LogP contribution in [0.1, 0.15) is 59.3 Å². The maximum absolute atomic E-state index is 12.5. The number of nitrogens with zero attached hydrogens (tertiary/aromatic N) is 1. The molecule has 0 radical (unpaired) electrons. The van der Waals surface area contributed by atoms with E-state index < -0.39 is 0 Å². The van der Waals surface area contributed by atoms with E-state index in [-0.39, 0.29) is 60.2 Å². The van der Waals surface area contributed by atoms with E-state index in [1.54, 1.807) is 0 Å². The number of nitrogens with one attached hydrogen (secondary N) is 1. The largest absolute Gasteiger partial charge is 0.462 e. The minimum absolute atomic E-state index is 0.00809. The molecule has 1 amide bonds. The Morgan fingerprint density at radius 2 is 2.22 bits per heavy atom. The van der Waals surface area contributed by atoms with E-state index >= 15 is 0 Å². The zero-order valence-corrected chi connectivity index (χ0v) is 20.0. The van der Waals surface area contributed by atoms with Crippen molar-refractivity contribution in [2.45, 2.75) is 83.2 Å². The number of hydrogen-bond acceptors (Lipinski definition) is 6. The zero-order valence-electron chi connectivity index (χ0n) is 20.0. The Bertz CT molecular complexity index is 666. The van der Waals surface area contributed by atoms with Gasteiger partial charge in [0.15, 0.2) is 0 Å². The molecule has 3 saturated heterocycles. The van der Waals surface area contributed by atoms with Crippen LogP contribution in [0.25, 0.3) is 0 Å². The third-order valence-electron chi connectivity index (χ3n) is 7.93. The minimum Gasteiger partial charge on any atom is -0.462 e. The Labute approximate surface area is 192 Å². The van der Waals surface area contributed by atoms with E-state index in [9.17, 15) is 9.59 Å². The van der Waals surface area contributed by atoms with Gasteiger partial charge in [-0.05, 0) is 39.0 Å². The predicted octanol–water partition coefficient (Wildman–Crippen LogP) is 0.650. The summed E-state index contributed by atoms with van der Waals surface area (Å²) >= 11 is 0. The number of carbonyl (C=O) groups is 2. The fraction of sp³-hybridized carbons (Fsp3) is 0.917. The molecule has 0 aromatic heterocycles. The molecule has 3 heterocycles. The van der Waals surface area contributed by atoms with Gasteiger partial charge < -0.3 is 24.8 Å². The highest BCUT2D eigenvalue weighted by atomic mass is 16.6. The Kier molecular flexibility index (Phi) is 7.75. The number of ether oxygens (including phenoxy) is 3. The highest BCUT2D eigenvalue weighted by molar-refractivity contribution is 5.77. The average molecular weight is 453 g/mol. The van der Waals surface area contributed by atoms with Gasteiger partial charge in [-0.25, -0.2) is 0 Å². The summed E-state index contributed by atoms with van der Waals surface area (Å²) in [6.07, 6.45) is 4.77. The van der Waals surface area contributed by atoms with Crippen LogP contribution in [-0.4, -0.2) is 80.1 Å². The van der Waals surface area contributed by atoms with Crippen LogP contribution < -0.4 is 10.6 Å². The molecule has 6 atom stereocenters. The number of esters is 1. The summed E-state index contributed by atoms with van der Waals surface area (Å²) in [5, 5.41) is 5.31. The van der Waals surface area contributed by atoms with Gasteiger partial charge in [0.05, 0.1) is 30.9 Å². The number of fused-ring (bicyclic) bond motifs is 3. The number of quaternary nitrogens is 1. The van der Waals surface area contributed by atoms with Gasteiger partial charge in [-0.1, -0.05) is 13.3 Å². The fourth-order valence-electron chi connectivity index (χ4n) is 6.23. The summed E-state index contributed by atoms with van der Waals surface area (Å²) in [5.41, 5.74) is -0.175. The van der Waals surface area contributed by atoms with E-state index in [1.165, 1.54) is 6.54 Å². The first-order valence-corrected chi connectivity index (χ1v) is 12.7. The van der Waals surface area contributed by atoms with Gasteiger partial charge in [0.2, 0.25) is 5.91 Å². The number of amides is 1. The van der Waals surface area contributed by atoms with Crippen molar-refractivity contribution in [1.82, 2.24) is 10.2 Å². The molecular weight excluding hydrogens is 410 g/mol. The van der Waals surface area contributed by atoms with Gasteiger partial charge in [0, 0.05) is 37.8 Å². The molecule has 3 N–H and O–H groups in total. The molecule has 0 aromatic carbocycles. The average Bonchev–Trinajstić information content (AvgIpc) is 3.27. The molecule has 0 bridgehead atoms. The molecule has 32 heavy (non-hydrogen) atoms. The Balaban J connectivity index is 1.33. The van der Waals surface area contributed by atoms with E-state index in [1.807, 2.05) is 0 Å². The lowest BCUT2D eigenvalue weighted by molar-refractivity contribution is -0.642. The Morgan fingerprint density at radius 1 is 1.38 bits per heavy atom. The van der Waals surface area contributed by atoms with E-state index in [4.69, 9.17) is 14.2 Å². The maximum atomic E-state index is 12.5. The van der Waals surface area contributed by atoms with Gasteiger partial charge in [0.25, 0.3) is 0 Å². The van der Waals surface area contributed by atoms with E-state index in [0.717, 1.165) is 51.9 Å². The monoisotopic (exact) mass is 452 g/mol. The van der Waals surface area contributed by atoms with Crippen LogP contribution >= 0.6 is 0 Å². The Hall–Kier alpha value is -1.22. The quantitative estimate of drug-likeness (QED) is 0.415. The summed E-state index contributed by atoms with van der Waals surface area (Å²) in [7, 11) is 0. The van der Waals surface area contributed by atoms with Crippen molar-refractivity contribution in [3.05, 3.63) is 0 Å². The van der Waals surface area contributed by atoms with Crippen LogP contribution in [0.3, 0.4) is 0 Å². The molecule has 1 aliphatic carbocycles. The number of carbonyl (C=O) groups excluding carboxylic acids is 2. The molecule has 8 nitrogen and oxygen atoms in total. The molecule has 182 valence electrons. The first kappa shape index (κ1) is 23.9. The molecule has 3 aliphatic heterocycles. The summed E-state index contributed by atoms with van der Waals surface area (Å²) in [6, 6.07) is 0. The lowest BCUT2D eigenvalue weighted by Crippen LogP contribution is -2.82. The molecule has 0 aromatic rings. The topological polar surface area (TPSA) is 93.7 Å². The molecule has 1 saturated carbocycles. The van der Waals surface area contributed by atoms with Crippen molar-refractivity contribution in [3.8, 4) is 0 Å². The second kappa shape index (κ2) is 10.4. The normalized spacial score (nSPS) is 36.8. The second-order valence-corrected chi connectivity index (χ2v) is 10.7. The van der Waals surface area contributed by atoms with Crippen LogP contribution in [0.5, 0.6) is 0 Å². The van der Waals surface area contributed by atoms with Gasteiger partial charge >= 0.3 is 5.97 Å². The Morgan fingerprint density at radius 3 is 2.97 bits per heavy atom. The molecule has 4 rings (SSSR count). The molecule has 4 aliphatic rings. The van der Waals surface area contributed by atoms with Crippen molar-refractivity contribution in [2.75, 3.05) is 39.5 Å². The van der Waals surface area contributed by atoms with E-state index in [2.05, 4.69) is 36.3 Å². The zero-order chi connectivity index (χ0) is 22.7. The summed E-state index contributed by atoms with van der Waals surface area (Å²) in [4.78, 5) is 27.2. The van der Waals surface area contributed by atoms with Crippen LogP contribution in [0.15, 0.2) is 0 Å². The first-order chi connectivity index (χ1) is 15.4. The second-order valence-electron chi connectivity index (χ2n) is 10.7. The minimum atomic E-state index is -0.175. The standard InChI is InChI=1S/C24H41N3O5/c1-4-16-12-21(29)31-23-17-6-7-24(2,3)32-18(17)13-19(22(16)23)30-14-20(28)26-8-5-10-27-11-9-25-15-27/h16-19,22-23,25H,4-15H2,1-3H3,(H,26,28)/p+1. The summed E-state index contributed by atoms with van der Waals surface area (Å²) in [6.45, 7) is 11.5. The van der Waals surface area contributed by atoms with Gasteiger partial charge in [-0.15, -0.1) is 0 Å². The third kappa shape index (κ3) is 5.64. The van der Waals surface area contributed by atoms with Gasteiger partial charge in [-0.3, -0.25) is 14.5 Å². The number of hydrogen-bond donors (Lipinski definition) is 2. The molecule has 6 unspecified atom stereocenters. The van der Waals surface area contributed by atoms with Crippen LogP contribution in [0.4, 0.5) is 0 Å².